The summed E-state index contributed by atoms with van der Waals surface area (Å²) in [4.78, 5) is 30.4. The summed E-state index contributed by atoms with van der Waals surface area (Å²) in [5.41, 5.74) is 20.8. The Hall–Kier alpha value is -16.4. The summed E-state index contributed by atoms with van der Waals surface area (Å²) in [6.07, 6.45) is 0. The van der Waals surface area contributed by atoms with Crippen molar-refractivity contribution in [3.8, 4) is 91.1 Å². The number of hydrogen-bond donors (Lipinski definition) is 0. The van der Waals surface area contributed by atoms with Gasteiger partial charge in [-0.15, -0.1) is 34.0 Å². The van der Waals surface area contributed by atoms with E-state index in [1.54, 1.807) is 0 Å². The zero-order chi connectivity index (χ0) is 83.8. The summed E-state index contributed by atoms with van der Waals surface area (Å²) in [6, 6.07) is 142. The molecule has 0 radical (unpaired) electrons. The van der Waals surface area contributed by atoms with Gasteiger partial charge in [0.25, 0.3) is 0 Å². The molecule has 0 saturated heterocycles. The number of furan rings is 1. The third-order valence-corrected chi connectivity index (χ3v) is 29.2. The second-order valence-corrected chi connectivity index (χ2v) is 35.8. The fourth-order valence-electron chi connectivity index (χ4n) is 19.9. The Balaban J connectivity index is 0.000000132. The van der Waals surface area contributed by atoms with Crippen LogP contribution in [0, 0.1) is 0 Å². The molecule has 0 aliphatic carbocycles. The van der Waals surface area contributed by atoms with Crippen molar-refractivity contribution in [1.82, 2.24) is 48.2 Å². The molecule has 28 aromatic rings. The van der Waals surface area contributed by atoms with Crippen molar-refractivity contribution in [2.24, 2.45) is 0 Å². The third-order valence-electron chi connectivity index (χ3n) is 25.6. The quantitative estimate of drug-likeness (QED) is 0.134. The second-order valence-electron chi connectivity index (χ2n) is 32.6. The average Bonchev–Trinajstić information content (AvgIpc) is 1.58. The minimum Gasteiger partial charge on any atom is -0.453 e. The number of rotatable bonds is 10. The Morgan fingerprint density at radius 2 is 0.516 bits per heavy atom. The molecule has 0 amide bonds. The molecule has 28 rings (SSSR count). The first kappa shape index (κ1) is 72.1. The van der Waals surface area contributed by atoms with E-state index < -0.39 is 0 Å². The summed E-state index contributed by atoms with van der Waals surface area (Å²) in [6.45, 7) is 0. The van der Waals surface area contributed by atoms with Gasteiger partial charge in [-0.2, -0.15) is 0 Å². The van der Waals surface area contributed by atoms with Gasteiger partial charge in [0, 0.05) is 149 Å². The van der Waals surface area contributed by atoms with Gasteiger partial charge in [0.2, 0.25) is 0 Å². The molecule has 0 aliphatic rings. The molecule has 11 nitrogen and oxygen atoms in total. The average molecular weight is 1690 g/mol. The van der Waals surface area contributed by atoms with E-state index in [0.717, 1.165) is 93.8 Å². The largest absolute Gasteiger partial charge is 0.453 e. The van der Waals surface area contributed by atoms with Crippen molar-refractivity contribution in [2.75, 3.05) is 0 Å². The molecule has 14 heteroatoms. The molecule has 128 heavy (non-hydrogen) atoms. The highest BCUT2D eigenvalue weighted by Gasteiger charge is 2.28. The Labute approximate surface area is 742 Å². The summed E-state index contributed by atoms with van der Waals surface area (Å²) < 4.78 is 24.5. The predicted molar refractivity (Wildman–Crippen MR) is 536 cm³/mol. The van der Waals surface area contributed by atoms with Gasteiger partial charge in [-0.1, -0.05) is 291 Å². The molecule has 0 spiro atoms. The Bertz CT molecular complexity index is 8830. The predicted octanol–water partition coefficient (Wildman–Crippen LogP) is 31.1. The van der Waals surface area contributed by atoms with Crippen LogP contribution >= 0.6 is 34.0 Å². The van der Waals surface area contributed by atoms with Crippen LogP contribution in [0.5, 0.6) is 0 Å². The maximum Gasteiger partial charge on any atom is 0.167 e. The van der Waals surface area contributed by atoms with Gasteiger partial charge in [-0.25, -0.2) is 29.9 Å². The standard InChI is InChI=1S/C57H33N5OS.C57H33N5S2/c1-3-15-34(16-4-1)55-58-56(35-17-5-2-6-18-35)60-57(59-55)43-24-13-22-39-40-23-14-27-49(53(40)63-52(39)43)62-45-25-10-7-19-37(45)44-33-36(29-31-47(44)62)61-46-26-11-8-21-42(46)51-48(61)32-30-41-38-20-9-12-28-50(38)64-54(41)51;1-3-15-34(16-4-1)55-58-56(35-17-5-2-6-18-35)60-57(59-55)43-24-13-22-39-40-23-14-27-49(53(40)64-52(39)43)62-45-25-10-7-19-37(45)44-33-36(29-31-47(44)62)61-46-26-11-8-21-42(46)51-48(61)32-30-41-38-20-9-12-28-50(38)63-54(41)51/h2*1-33H. The first-order valence-corrected chi connectivity index (χ1v) is 45.3. The third kappa shape index (κ3) is 11.1. The van der Waals surface area contributed by atoms with Crippen molar-refractivity contribution in [2.45, 2.75) is 0 Å². The van der Waals surface area contributed by atoms with E-state index in [1.165, 1.54) is 132 Å². The highest BCUT2D eigenvalue weighted by atomic mass is 32.1. The van der Waals surface area contributed by atoms with Gasteiger partial charge in [0.15, 0.2) is 40.5 Å². The fraction of sp³-hybridized carbons (Fsp3) is 0. The van der Waals surface area contributed by atoms with Gasteiger partial charge in [0.1, 0.15) is 5.58 Å². The lowest BCUT2D eigenvalue weighted by Crippen LogP contribution is -2.00. The number of hydrogen-bond acceptors (Lipinski definition) is 10. The van der Waals surface area contributed by atoms with Crippen molar-refractivity contribution in [3.05, 3.63) is 400 Å². The number of aromatic nitrogens is 10. The van der Waals surface area contributed by atoms with E-state index >= 15 is 0 Å². The lowest BCUT2D eigenvalue weighted by atomic mass is 10.1. The SMILES string of the molecule is c1ccc(-c2nc(-c3ccccc3)nc(-c3cccc4c3oc3c(-n5c6ccccc6c6cc(-n7c8ccccc8c8c9sc%10ccccc%10c9ccc87)ccc65)cccc34)n2)cc1.c1ccc(-c2nc(-c3ccccc3)nc(-c3cccc4c3sc3c(-n5c6ccccc6c6cc(-n7c8ccccc8c8c9sc%10ccccc%10c9ccc87)ccc65)cccc34)n2)cc1. The van der Waals surface area contributed by atoms with Crippen molar-refractivity contribution >= 4 is 204 Å². The van der Waals surface area contributed by atoms with E-state index in [0.29, 0.717) is 34.9 Å². The Kier molecular flexibility index (Phi) is 16.1. The molecule has 0 bridgehead atoms. The zero-order valence-corrected chi connectivity index (χ0v) is 70.7. The summed E-state index contributed by atoms with van der Waals surface area (Å²) in [7, 11) is 0. The molecule has 0 atom stereocenters. The van der Waals surface area contributed by atoms with Crippen molar-refractivity contribution in [3.63, 3.8) is 0 Å². The van der Waals surface area contributed by atoms with Crippen LogP contribution in [-0.4, -0.2) is 48.2 Å². The molecule has 596 valence electrons. The molecular formula is C114H66N10OS3. The molecule has 0 aliphatic heterocycles. The highest BCUT2D eigenvalue weighted by Crippen LogP contribution is 2.50. The molecule has 0 saturated carbocycles. The van der Waals surface area contributed by atoms with Crippen LogP contribution in [0.1, 0.15) is 0 Å². The first-order chi connectivity index (χ1) is 63.5. The Morgan fingerprint density at radius 1 is 0.188 bits per heavy atom. The van der Waals surface area contributed by atoms with Crippen LogP contribution in [0.3, 0.4) is 0 Å². The zero-order valence-electron chi connectivity index (χ0n) is 68.2. The minimum atomic E-state index is 0.557. The maximum absolute atomic E-state index is 7.09. The van der Waals surface area contributed by atoms with Gasteiger partial charge in [0.05, 0.1) is 65.8 Å². The summed E-state index contributed by atoms with van der Waals surface area (Å²) in [5.74, 6) is 3.74. The minimum absolute atomic E-state index is 0.557. The summed E-state index contributed by atoms with van der Waals surface area (Å²) in [5, 5.41) is 19.6. The number of thiophene rings is 3. The van der Waals surface area contributed by atoms with E-state index in [4.69, 9.17) is 34.3 Å². The van der Waals surface area contributed by atoms with E-state index in [2.05, 4.69) is 316 Å². The molecule has 18 aromatic carbocycles. The highest BCUT2D eigenvalue weighted by molar-refractivity contribution is 7.27. The normalized spacial score (nSPS) is 12.1. The second kappa shape index (κ2) is 28.6. The molecule has 10 aromatic heterocycles. The molecule has 0 N–H and O–H groups in total. The smallest absolute Gasteiger partial charge is 0.167 e. The van der Waals surface area contributed by atoms with Gasteiger partial charge >= 0.3 is 0 Å². The van der Waals surface area contributed by atoms with E-state index in [9.17, 15) is 0 Å². The van der Waals surface area contributed by atoms with E-state index in [1.807, 2.05) is 137 Å². The van der Waals surface area contributed by atoms with Crippen LogP contribution in [0.25, 0.3) is 261 Å². The van der Waals surface area contributed by atoms with Crippen LogP contribution in [0.15, 0.2) is 405 Å². The monoisotopic (exact) mass is 1690 g/mol. The molecule has 0 unspecified atom stereocenters. The number of benzene rings is 18. The first-order valence-electron chi connectivity index (χ1n) is 42.9. The molecule has 0 fully saturated rings. The lowest BCUT2D eigenvalue weighted by Gasteiger charge is -2.11. The fourth-order valence-corrected chi connectivity index (χ4v) is 23.7. The van der Waals surface area contributed by atoms with Crippen LogP contribution in [-0.2, 0) is 0 Å². The molecule has 10 heterocycles. The number of fused-ring (bicyclic) bond motifs is 26. The van der Waals surface area contributed by atoms with Crippen LogP contribution in [0.2, 0.25) is 0 Å². The van der Waals surface area contributed by atoms with Crippen molar-refractivity contribution < 1.29 is 4.42 Å². The van der Waals surface area contributed by atoms with Gasteiger partial charge in [-0.3, -0.25) is 0 Å². The van der Waals surface area contributed by atoms with E-state index in [-0.39, 0.29) is 0 Å². The maximum atomic E-state index is 7.09. The number of para-hydroxylation sites is 6. The van der Waals surface area contributed by atoms with Gasteiger partial charge < -0.3 is 22.7 Å². The van der Waals surface area contributed by atoms with Crippen LogP contribution < -0.4 is 0 Å². The molecular weight excluding hydrogens is 1620 g/mol. The summed E-state index contributed by atoms with van der Waals surface area (Å²) >= 11 is 5.59. The van der Waals surface area contributed by atoms with Gasteiger partial charge in [-0.05, 0) is 109 Å². The Morgan fingerprint density at radius 3 is 0.992 bits per heavy atom. The number of nitrogens with zero attached hydrogens (tertiary/aromatic N) is 10. The van der Waals surface area contributed by atoms with Crippen molar-refractivity contribution in [1.29, 1.82) is 0 Å². The lowest BCUT2D eigenvalue weighted by molar-refractivity contribution is 0.667. The van der Waals surface area contributed by atoms with Crippen LogP contribution in [0.4, 0.5) is 0 Å². The topological polar surface area (TPSA) is 110 Å².